The van der Waals surface area contributed by atoms with Gasteiger partial charge in [-0.2, -0.15) is 0 Å². The molecule has 0 aromatic heterocycles. The first kappa shape index (κ1) is 29.6. The van der Waals surface area contributed by atoms with Gasteiger partial charge in [-0.3, -0.25) is 12.9 Å². The Balaban J connectivity index is -0.0000000150. The van der Waals surface area contributed by atoms with Gasteiger partial charge in [0.05, 0.1) is 0 Å². The molecule has 7 heavy (non-hydrogen) atoms. The Morgan fingerprint density at radius 2 is 0.714 bits per heavy atom. The predicted molar refractivity (Wildman–Crippen MR) is 19.9 cm³/mol. The SMILES string of the molecule is FB(F)F.O.O.O. The molecule has 0 radical (unpaired) electrons. The highest BCUT2D eigenvalue weighted by Gasteiger charge is 2.06. The fourth-order valence-electron chi connectivity index (χ4n) is 0. The Labute approximate surface area is 38.3 Å². The summed E-state index contributed by atoms with van der Waals surface area (Å²) >= 11 is 0. The van der Waals surface area contributed by atoms with E-state index >= 15 is 0 Å². The molecular formula is H6BF3O3. The number of hydrogen-bond donors (Lipinski definition) is 0. The molecule has 0 heterocycles. The molecule has 0 aromatic carbocycles. The van der Waals surface area contributed by atoms with Crippen LogP contribution in [0.15, 0.2) is 0 Å². The van der Waals surface area contributed by atoms with Crippen molar-refractivity contribution in [1.29, 1.82) is 0 Å². The van der Waals surface area contributed by atoms with Crippen LogP contribution in [0, 0.1) is 0 Å². The molecule has 0 fully saturated rings. The van der Waals surface area contributed by atoms with E-state index in [1.54, 1.807) is 0 Å². The average Bonchev–Trinajstić information content (AvgIpc) is 0.811. The topological polar surface area (TPSA) is 94.5 Å². The lowest BCUT2D eigenvalue weighted by Crippen LogP contribution is -1.76. The van der Waals surface area contributed by atoms with Crippen LogP contribution in [0.4, 0.5) is 12.9 Å². The van der Waals surface area contributed by atoms with Crippen LogP contribution in [0.3, 0.4) is 0 Å². The van der Waals surface area contributed by atoms with Gasteiger partial charge in [-0.25, -0.2) is 0 Å². The zero-order chi connectivity index (χ0) is 3.58. The second kappa shape index (κ2) is 17.2. The molecule has 0 unspecified atom stereocenters. The molecule has 0 aliphatic rings. The van der Waals surface area contributed by atoms with E-state index in [2.05, 4.69) is 0 Å². The van der Waals surface area contributed by atoms with Crippen LogP contribution in [0.5, 0.6) is 0 Å². The van der Waals surface area contributed by atoms with Gasteiger partial charge in [0.15, 0.2) is 0 Å². The normalized spacial score (nSPS) is 3.86. The lowest BCUT2D eigenvalue weighted by atomic mass is 10.5. The Kier molecular flexibility index (Phi) is 72.7. The zero-order valence-electron chi connectivity index (χ0n) is 3.21. The molecule has 7 heteroatoms. The van der Waals surface area contributed by atoms with Gasteiger partial charge in [-0.05, 0) is 0 Å². The van der Waals surface area contributed by atoms with Gasteiger partial charge in [0.25, 0.3) is 0 Å². The van der Waals surface area contributed by atoms with Crippen molar-refractivity contribution in [2.75, 3.05) is 0 Å². The summed E-state index contributed by atoms with van der Waals surface area (Å²) < 4.78 is 29.0. The van der Waals surface area contributed by atoms with E-state index in [4.69, 9.17) is 0 Å². The quantitative estimate of drug-likeness (QED) is 0.346. The van der Waals surface area contributed by atoms with E-state index in [9.17, 15) is 12.9 Å². The van der Waals surface area contributed by atoms with Crippen LogP contribution in [-0.4, -0.2) is 24.0 Å². The Morgan fingerprint density at radius 1 is 0.714 bits per heavy atom. The van der Waals surface area contributed by atoms with Crippen molar-refractivity contribution >= 4 is 7.54 Å². The fraction of sp³-hybridized carbons (Fsp3) is 0. The third-order valence-corrected chi connectivity index (χ3v) is 0. The van der Waals surface area contributed by atoms with Gasteiger partial charge >= 0.3 is 7.54 Å². The Morgan fingerprint density at radius 3 is 0.714 bits per heavy atom. The number of rotatable bonds is 0. The minimum atomic E-state index is -3.67. The smallest absolute Gasteiger partial charge is 0.412 e. The largest absolute Gasteiger partial charge is 0.762 e. The molecule has 48 valence electrons. The summed E-state index contributed by atoms with van der Waals surface area (Å²) in [5.74, 6) is 0. The molecule has 0 aliphatic heterocycles. The van der Waals surface area contributed by atoms with E-state index < -0.39 is 7.54 Å². The summed E-state index contributed by atoms with van der Waals surface area (Å²) in [6.07, 6.45) is 0. The van der Waals surface area contributed by atoms with Gasteiger partial charge in [-0.1, -0.05) is 0 Å². The van der Waals surface area contributed by atoms with Gasteiger partial charge < -0.3 is 16.4 Å². The van der Waals surface area contributed by atoms with Crippen molar-refractivity contribution < 1.29 is 29.4 Å². The van der Waals surface area contributed by atoms with Crippen molar-refractivity contribution in [3.8, 4) is 0 Å². The van der Waals surface area contributed by atoms with Gasteiger partial charge in [0.1, 0.15) is 0 Å². The maximum Gasteiger partial charge on any atom is 0.762 e. The molecule has 0 atom stereocenters. The molecule has 3 nitrogen and oxygen atoms in total. The highest BCUT2D eigenvalue weighted by molar-refractivity contribution is 6.33. The summed E-state index contributed by atoms with van der Waals surface area (Å²) in [5.41, 5.74) is 0. The minimum Gasteiger partial charge on any atom is -0.412 e. The van der Waals surface area contributed by atoms with E-state index in [1.165, 1.54) is 0 Å². The third-order valence-electron chi connectivity index (χ3n) is 0. The van der Waals surface area contributed by atoms with Crippen LogP contribution in [-0.2, 0) is 0 Å². The molecule has 0 bridgehead atoms. The van der Waals surface area contributed by atoms with Gasteiger partial charge in [0.2, 0.25) is 0 Å². The van der Waals surface area contributed by atoms with E-state index in [1.807, 2.05) is 0 Å². The second-order valence-corrected chi connectivity index (χ2v) is 0.247. The lowest BCUT2D eigenvalue weighted by Gasteiger charge is -1.55. The van der Waals surface area contributed by atoms with Crippen LogP contribution < -0.4 is 0 Å². The molecular weight excluding hydrogens is 116 g/mol. The summed E-state index contributed by atoms with van der Waals surface area (Å²) in [5, 5.41) is 0. The van der Waals surface area contributed by atoms with E-state index in [0.29, 0.717) is 0 Å². The Bertz CT molecular complexity index is 14.9. The fourth-order valence-corrected chi connectivity index (χ4v) is 0. The van der Waals surface area contributed by atoms with Crippen LogP contribution in [0.25, 0.3) is 0 Å². The van der Waals surface area contributed by atoms with Crippen LogP contribution in [0.2, 0.25) is 0 Å². The third kappa shape index (κ3) is 1140. The average molecular weight is 122 g/mol. The van der Waals surface area contributed by atoms with Crippen molar-refractivity contribution in [3.63, 3.8) is 0 Å². The first-order valence-corrected chi connectivity index (χ1v) is 0.655. The molecule has 0 spiro atoms. The minimum absolute atomic E-state index is 0. The molecule has 0 saturated carbocycles. The highest BCUT2D eigenvalue weighted by Crippen LogP contribution is 1.80. The molecule has 0 aromatic rings. The van der Waals surface area contributed by atoms with Crippen molar-refractivity contribution in [3.05, 3.63) is 0 Å². The van der Waals surface area contributed by atoms with Crippen molar-refractivity contribution in [1.82, 2.24) is 0 Å². The number of halogens is 3. The standard InChI is InChI=1S/BF3.3H2O/c2-1(3)4;;;/h;3*1H2. The molecule has 0 saturated heterocycles. The van der Waals surface area contributed by atoms with Crippen LogP contribution >= 0.6 is 0 Å². The summed E-state index contributed by atoms with van der Waals surface area (Å²) in [4.78, 5) is 0. The molecule has 0 amide bonds. The zero-order valence-corrected chi connectivity index (χ0v) is 3.21. The highest BCUT2D eigenvalue weighted by atomic mass is 19.4. The van der Waals surface area contributed by atoms with Crippen LogP contribution in [0.1, 0.15) is 0 Å². The monoisotopic (exact) mass is 122 g/mol. The van der Waals surface area contributed by atoms with Gasteiger partial charge in [-0.15, -0.1) is 0 Å². The van der Waals surface area contributed by atoms with Gasteiger partial charge in [0, 0.05) is 0 Å². The maximum absolute atomic E-state index is 9.67. The molecule has 6 N–H and O–H groups in total. The Hall–Kier alpha value is -0.265. The van der Waals surface area contributed by atoms with Crippen molar-refractivity contribution in [2.45, 2.75) is 0 Å². The summed E-state index contributed by atoms with van der Waals surface area (Å²) in [6.45, 7) is 0. The predicted octanol–water partition coefficient (Wildman–Crippen LogP) is -1.59. The first-order chi connectivity index (χ1) is 1.73. The maximum atomic E-state index is 9.67. The first-order valence-electron chi connectivity index (χ1n) is 0.655. The summed E-state index contributed by atoms with van der Waals surface area (Å²) in [7, 11) is -3.67. The van der Waals surface area contributed by atoms with Crippen molar-refractivity contribution in [2.24, 2.45) is 0 Å². The van der Waals surface area contributed by atoms with E-state index in [-0.39, 0.29) is 16.4 Å². The lowest BCUT2D eigenvalue weighted by molar-refractivity contribution is 0.535. The molecule has 0 rings (SSSR count). The number of hydrogen-bond acceptors (Lipinski definition) is 0. The van der Waals surface area contributed by atoms with E-state index in [0.717, 1.165) is 0 Å². The second-order valence-electron chi connectivity index (χ2n) is 0.247. The summed E-state index contributed by atoms with van der Waals surface area (Å²) in [6, 6.07) is 0. The molecule has 0 aliphatic carbocycles.